The number of halogens is 4. The van der Waals surface area contributed by atoms with Crippen molar-refractivity contribution in [2.24, 2.45) is 6.98 Å². The van der Waals surface area contributed by atoms with Crippen molar-refractivity contribution in [2.45, 2.75) is 20.0 Å². The molecule has 0 atom stereocenters. The Bertz CT molecular complexity index is 803. The quantitative estimate of drug-likeness (QED) is 0.847. The fraction of sp³-hybridized carbons (Fsp3) is 0.357. The molecule has 0 unspecified atom stereocenters. The van der Waals surface area contributed by atoms with Gasteiger partial charge in [0.2, 0.25) is 0 Å². The number of hydrogen-bond acceptors (Lipinski definition) is 3. The zero-order chi connectivity index (χ0) is 19.2. The average molecular weight is 381 g/mol. The molecular formula is C14H15BrF3N3O. The van der Waals surface area contributed by atoms with Gasteiger partial charge in [-0.1, -0.05) is 6.07 Å². The number of aryl methyl sites for hydroxylation is 2. The molecule has 0 bridgehead atoms. The Hall–Kier alpha value is -1.70. The summed E-state index contributed by atoms with van der Waals surface area (Å²) in [5.74, 6) is 0.290. The summed E-state index contributed by atoms with van der Waals surface area (Å²) in [7, 11) is 1.47. The van der Waals surface area contributed by atoms with Crippen LogP contribution < -0.4 is 10.1 Å². The van der Waals surface area contributed by atoms with Crippen molar-refractivity contribution in [3.63, 3.8) is 0 Å². The molecule has 0 aliphatic carbocycles. The molecule has 0 amide bonds. The molecule has 1 heterocycles. The molecule has 22 heavy (non-hydrogen) atoms. The number of hydrogen-bond donors (Lipinski definition) is 1. The number of nitrogens with one attached hydrogen (secondary N) is 1. The van der Waals surface area contributed by atoms with E-state index < -0.39 is 23.3 Å². The monoisotopic (exact) mass is 380 g/mol. The minimum atomic E-state index is -4.89. The van der Waals surface area contributed by atoms with E-state index in [4.69, 9.17) is 8.85 Å². The first-order valence-electron chi connectivity index (χ1n) is 7.65. The Morgan fingerprint density at radius 3 is 2.55 bits per heavy atom. The number of rotatable bonds is 3. The smallest absolute Gasteiger partial charge is 0.434 e. The van der Waals surface area contributed by atoms with E-state index in [0.717, 1.165) is 5.56 Å². The van der Waals surface area contributed by atoms with Crippen LogP contribution in [-0.2, 0) is 13.2 Å². The second kappa shape index (κ2) is 5.83. The maximum absolute atomic E-state index is 13.3. The van der Waals surface area contributed by atoms with Gasteiger partial charge in [0.25, 0.3) is 0 Å². The summed E-state index contributed by atoms with van der Waals surface area (Å²) >= 11 is 2.83. The van der Waals surface area contributed by atoms with Gasteiger partial charge in [0, 0.05) is 22.3 Å². The van der Waals surface area contributed by atoms with Crippen LogP contribution in [0.3, 0.4) is 0 Å². The minimum Gasteiger partial charge on any atom is -0.496 e. The molecule has 120 valence electrons. The molecule has 1 N–H and O–H groups in total. The first-order chi connectivity index (χ1) is 11.4. The highest BCUT2D eigenvalue weighted by molar-refractivity contribution is 9.10. The molecule has 4 nitrogen and oxygen atoms in total. The van der Waals surface area contributed by atoms with Gasteiger partial charge in [-0.05, 0) is 41.4 Å². The Kier molecular flexibility index (Phi) is 3.39. The second-order valence-corrected chi connectivity index (χ2v) is 5.42. The standard InChI is InChI=1S/C14H15BrF3N3O/c1-7-5-6-9(22-4)8(2)11(7)19-13-10(15)12(14(16,17)18)21(3)20-13/h5-6H,1-4H3,(H,19,20)/i3D3. The highest BCUT2D eigenvalue weighted by atomic mass is 79.9. The van der Waals surface area contributed by atoms with Crippen LogP contribution in [0.25, 0.3) is 0 Å². The molecule has 8 heteroatoms. The molecule has 0 aliphatic heterocycles. The second-order valence-electron chi connectivity index (χ2n) is 4.63. The topological polar surface area (TPSA) is 39.1 Å². The Morgan fingerprint density at radius 2 is 2.05 bits per heavy atom. The van der Waals surface area contributed by atoms with Crippen LogP contribution in [0, 0.1) is 13.8 Å². The Balaban J connectivity index is 2.62. The van der Waals surface area contributed by atoms with Gasteiger partial charge in [0.05, 0.1) is 11.6 Å². The molecule has 1 aromatic carbocycles. The number of nitrogens with zero attached hydrogens (tertiary/aromatic N) is 2. The first kappa shape index (κ1) is 12.8. The van der Waals surface area contributed by atoms with Crippen molar-refractivity contribution in [1.29, 1.82) is 0 Å². The van der Waals surface area contributed by atoms with Crippen LogP contribution in [0.2, 0.25) is 0 Å². The maximum atomic E-state index is 13.3. The fourth-order valence-electron chi connectivity index (χ4n) is 2.08. The van der Waals surface area contributed by atoms with Crippen molar-refractivity contribution in [3.8, 4) is 5.75 Å². The minimum absolute atomic E-state index is 0.00967. The van der Waals surface area contributed by atoms with Crippen molar-refractivity contribution < 1.29 is 22.0 Å². The predicted octanol–water partition coefficient (Wildman–Crippen LogP) is 4.57. The van der Waals surface area contributed by atoms with Crippen molar-refractivity contribution in [3.05, 3.63) is 33.4 Å². The number of ether oxygens (including phenoxy) is 1. The molecular weight excluding hydrogens is 363 g/mol. The number of methoxy groups -OCH3 is 1. The van der Waals surface area contributed by atoms with Crippen LogP contribution in [-0.4, -0.2) is 16.9 Å². The molecule has 0 saturated heterocycles. The Labute approximate surface area is 138 Å². The largest absolute Gasteiger partial charge is 0.496 e. The van der Waals surface area contributed by atoms with Gasteiger partial charge in [-0.2, -0.15) is 18.3 Å². The van der Waals surface area contributed by atoms with E-state index in [2.05, 4.69) is 26.3 Å². The third kappa shape index (κ3) is 2.92. The van der Waals surface area contributed by atoms with Crippen LogP contribution in [0.4, 0.5) is 24.7 Å². The van der Waals surface area contributed by atoms with E-state index in [1.165, 1.54) is 7.11 Å². The predicted molar refractivity (Wildman–Crippen MR) is 81.7 cm³/mol. The first-order valence-corrected chi connectivity index (χ1v) is 6.94. The SMILES string of the molecule is [2H]C([2H])([2H])n1nc(Nc2c(C)ccc(OC)c2C)c(Br)c1C(F)(F)F. The van der Waals surface area contributed by atoms with Gasteiger partial charge in [-0.15, -0.1) is 0 Å². The Morgan fingerprint density at radius 1 is 1.36 bits per heavy atom. The number of benzene rings is 1. The third-order valence-corrected chi connectivity index (χ3v) is 3.93. The summed E-state index contributed by atoms with van der Waals surface area (Å²) in [6.45, 7) is 0.410. The highest BCUT2D eigenvalue weighted by Gasteiger charge is 2.38. The lowest BCUT2D eigenvalue weighted by Crippen LogP contribution is -2.12. The zero-order valence-corrected chi connectivity index (χ0v) is 13.6. The summed E-state index contributed by atoms with van der Waals surface area (Å²) in [6, 6.07) is 3.46. The third-order valence-electron chi connectivity index (χ3n) is 3.18. The molecule has 0 radical (unpaired) electrons. The van der Waals surface area contributed by atoms with Gasteiger partial charge in [0.1, 0.15) is 5.75 Å². The van der Waals surface area contributed by atoms with Gasteiger partial charge < -0.3 is 10.1 Å². The van der Waals surface area contributed by atoms with Crippen LogP contribution in [0.15, 0.2) is 16.6 Å². The molecule has 2 aromatic rings. The van der Waals surface area contributed by atoms with Gasteiger partial charge >= 0.3 is 6.18 Å². The van der Waals surface area contributed by atoms with Crippen molar-refractivity contribution >= 4 is 27.4 Å². The summed E-state index contributed by atoms with van der Waals surface area (Å²) in [5.41, 5.74) is 0.505. The van der Waals surface area contributed by atoms with Gasteiger partial charge in [-0.25, -0.2) is 0 Å². The summed E-state index contributed by atoms with van der Waals surface area (Å²) in [6.07, 6.45) is -4.89. The molecule has 0 saturated carbocycles. The highest BCUT2D eigenvalue weighted by Crippen LogP contribution is 2.40. The van der Waals surface area contributed by atoms with Crippen LogP contribution >= 0.6 is 15.9 Å². The van der Waals surface area contributed by atoms with Crippen molar-refractivity contribution in [1.82, 2.24) is 9.78 Å². The normalized spacial score (nSPS) is 14.2. The lowest BCUT2D eigenvalue weighted by Gasteiger charge is -2.14. The van der Waals surface area contributed by atoms with E-state index in [9.17, 15) is 13.2 Å². The van der Waals surface area contributed by atoms with E-state index in [0.29, 0.717) is 17.0 Å². The van der Waals surface area contributed by atoms with Crippen LogP contribution in [0.5, 0.6) is 5.75 Å². The molecule has 1 aromatic heterocycles. The lowest BCUT2D eigenvalue weighted by molar-refractivity contribution is -0.144. The van der Waals surface area contributed by atoms with E-state index in [1.807, 2.05) is 0 Å². The fourth-order valence-corrected chi connectivity index (χ4v) is 2.65. The molecule has 0 aliphatic rings. The summed E-state index contributed by atoms with van der Waals surface area (Å²) < 4.78 is 66.4. The number of alkyl halides is 3. The summed E-state index contributed by atoms with van der Waals surface area (Å²) in [5, 5.41) is 6.40. The average Bonchev–Trinajstić information content (AvgIpc) is 2.80. The van der Waals surface area contributed by atoms with Crippen molar-refractivity contribution in [2.75, 3.05) is 12.4 Å². The lowest BCUT2D eigenvalue weighted by atomic mass is 10.1. The molecule has 0 spiro atoms. The van der Waals surface area contributed by atoms with Crippen LogP contribution in [0.1, 0.15) is 20.9 Å². The summed E-state index contributed by atoms with van der Waals surface area (Å²) in [4.78, 5) is 0. The zero-order valence-electron chi connectivity index (χ0n) is 15.0. The van der Waals surface area contributed by atoms with Gasteiger partial charge in [-0.3, -0.25) is 4.68 Å². The van der Waals surface area contributed by atoms with E-state index in [-0.39, 0.29) is 10.5 Å². The van der Waals surface area contributed by atoms with E-state index in [1.54, 1.807) is 26.0 Å². The number of anilines is 2. The molecule has 2 rings (SSSR count). The number of aromatic nitrogens is 2. The van der Waals surface area contributed by atoms with Gasteiger partial charge in [0.15, 0.2) is 11.5 Å². The van der Waals surface area contributed by atoms with E-state index >= 15 is 0 Å². The molecule has 0 fully saturated rings. The maximum Gasteiger partial charge on any atom is 0.434 e.